The van der Waals surface area contributed by atoms with Gasteiger partial charge in [-0.25, -0.2) is 0 Å². The molecule has 0 unspecified atom stereocenters. The van der Waals surface area contributed by atoms with E-state index in [0.717, 1.165) is 19.5 Å². The van der Waals surface area contributed by atoms with Crippen molar-refractivity contribution in [3.05, 3.63) is 48.7 Å². The lowest BCUT2D eigenvalue weighted by molar-refractivity contribution is 0.402. The highest BCUT2D eigenvalue weighted by molar-refractivity contribution is 5.14. The van der Waals surface area contributed by atoms with Gasteiger partial charge in [0.25, 0.3) is 0 Å². The van der Waals surface area contributed by atoms with E-state index in [9.17, 15) is 0 Å². The average molecular weight is 175 g/mol. The number of benzene rings is 1. The minimum Gasteiger partial charge on any atom is -0.378 e. The Kier molecular flexibility index (Phi) is 4.10. The zero-order chi connectivity index (χ0) is 9.52. The van der Waals surface area contributed by atoms with Gasteiger partial charge in [-0.2, -0.15) is 0 Å². The monoisotopic (exact) mass is 175 g/mol. The SMILES string of the molecule is C=CN(CC)CCc1ccccc1. The largest absolute Gasteiger partial charge is 0.378 e. The van der Waals surface area contributed by atoms with E-state index in [0.29, 0.717) is 0 Å². The van der Waals surface area contributed by atoms with Crippen LogP contribution in [0.2, 0.25) is 0 Å². The molecule has 70 valence electrons. The van der Waals surface area contributed by atoms with Crippen molar-refractivity contribution < 1.29 is 0 Å². The summed E-state index contributed by atoms with van der Waals surface area (Å²) in [5.41, 5.74) is 1.39. The highest BCUT2D eigenvalue weighted by atomic mass is 15.1. The van der Waals surface area contributed by atoms with Crippen LogP contribution in [0.25, 0.3) is 0 Å². The van der Waals surface area contributed by atoms with E-state index in [4.69, 9.17) is 0 Å². The fraction of sp³-hybridized carbons (Fsp3) is 0.333. The molecule has 0 spiro atoms. The zero-order valence-electron chi connectivity index (χ0n) is 8.24. The van der Waals surface area contributed by atoms with E-state index >= 15 is 0 Å². The van der Waals surface area contributed by atoms with Crippen molar-refractivity contribution in [3.8, 4) is 0 Å². The minimum atomic E-state index is 1.04. The van der Waals surface area contributed by atoms with Gasteiger partial charge in [-0.15, -0.1) is 0 Å². The van der Waals surface area contributed by atoms with Crippen LogP contribution in [0.1, 0.15) is 12.5 Å². The van der Waals surface area contributed by atoms with Gasteiger partial charge >= 0.3 is 0 Å². The van der Waals surface area contributed by atoms with Crippen LogP contribution in [-0.4, -0.2) is 18.0 Å². The zero-order valence-corrected chi connectivity index (χ0v) is 8.24. The molecule has 0 N–H and O–H groups in total. The Balaban J connectivity index is 2.38. The molecule has 0 bridgehead atoms. The molecule has 1 aromatic rings. The molecule has 0 aliphatic carbocycles. The topological polar surface area (TPSA) is 3.24 Å². The molecule has 1 nitrogen and oxygen atoms in total. The molecule has 0 saturated carbocycles. The Hall–Kier alpha value is -1.24. The van der Waals surface area contributed by atoms with Crippen LogP contribution >= 0.6 is 0 Å². The third-order valence-electron chi connectivity index (χ3n) is 2.19. The maximum atomic E-state index is 3.77. The van der Waals surface area contributed by atoms with Gasteiger partial charge in [0.1, 0.15) is 0 Å². The molecule has 0 amide bonds. The first kappa shape index (κ1) is 9.85. The highest BCUT2D eigenvalue weighted by Crippen LogP contribution is 2.01. The maximum Gasteiger partial charge on any atom is 0.0212 e. The van der Waals surface area contributed by atoms with Crippen LogP contribution in [0.15, 0.2) is 43.1 Å². The molecule has 0 fully saturated rings. The standard InChI is InChI=1S/C12H17N/c1-3-13(4-2)11-10-12-8-6-5-7-9-12/h3,5-9H,1,4,10-11H2,2H3. The third-order valence-corrected chi connectivity index (χ3v) is 2.19. The summed E-state index contributed by atoms with van der Waals surface area (Å²) < 4.78 is 0. The number of rotatable bonds is 5. The quantitative estimate of drug-likeness (QED) is 0.665. The van der Waals surface area contributed by atoms with Crippen LogP contribution in [0.3, 0.4) is 0 Å². The molecule has 0 atom stereocenters. The second-order valence-electron chi connectivity index (χ2n) is 3.05. The van der Waals surface area contributed by atoms with E-state index in [2.05, 4.69) is 48.7 Å². The summed E-state index contributed by atoms with van der Waals surface area (Å²) in [6.07, 6.45) is 3.00. The van der Waals surface area contributed by atoms with Gasteiger partial charge in [0.15, 0.2) is 0 Å². The number of likely N-dealkylation sites (N-methyl/N-ethyl adjacent to an activating group) is 1. The van der Waals surface area contributed by atoms with Crippen LogP contribution in [0.4, 0.5) is 0 Å². The molecule has 1 aromatic carbocycles. The molecule has 0 saturated heterocycles. The number of hydrogen-bond acceptors (Lipinski definition) is 1. The smallest absolute Gasteiger partial charge is 0.0212 e. The predicted molar refractivity (Wildman–Crippen MR) is 57.6 cm³/mol. The molecule has 0 aliphatic heterocycles. The third kappa shape index (κ3) is 3.32. The van der Waals surface area contributed by atoms with Crippen LogP contribution in [-0.2, 0) is 6.42 Å². The Bertz CT molecular complexity index is 241. The van der Waals surface area contributed by atoms with Crippen molar-refractivity contribution in [2.45, 2.75) is 13.3 Å². The summed E-state index contributed by atoms with van der Waals surface area (Å²) in [5.74, 6) is 0. The van der Waals surface area contributed by atoms with E-state index in [1.54, 1.807) is 0 Å². The van der Waals surface area contributed by atoms with Crippen molar-refractivity contribution in [3.63, 3.8) is 0 Å². The first-order chi connectivity index (χ1) is 6.36. The Labute approximate surface area is 80.7 Å². The van der Waals surface area contributed by atoms with Gasteiger partial charge in [-0.3, -0.25) is 0 Å². The predicted octanol–water partition coefficient (Wildman–Crippen LogP) is 2.69. The molecule has 0 radical (unpaired) electrons. The second kappa shape index (κ2) is 5.41. The Morgan fingerprint density at radius 2 is 2.00 bits per heavy atom. The first-order valence-electron chi connectivity index (χ1n) is 4.77. The number of nitrogens with zero attached hydrogens (tertiary/aromatic N) is 1. The van der Waals surface area contributed by atoms with Crippen molar-refractivity contribution in [2.24, 2.45) is 0 Å². The summed E-state index contributed by atoms with van der Waals surface area (Å²) in [6, 6.07) is 10.5. The summed E-state index contributed by atoms with van der Waals surface area (Å²) in [5, 5.41) is 0. The molecule has 1 heteroatoms. The van der Waals surface area contributed by atoms with Gasteiger partial charge in [0.05, 0.1) is 0 Å². The van der Waals surface area contributed by atoms with Crippen LogP contribution < -0.4 is 0 Å². The lowest BCUT2D eigenvalue weighted by Gasteiger charge is -2.16. The van der Waals surface area contributed by atoms with E-state index in [1.807, 2.05) is 6.20 Å². The van der Waals surface area contributed by atoms with Crippen molar-refractivity contribution in [2.75, 3.05) is 13.1 Å². The normalized spacial score (nSPS) is 9.62. The minimum absolute atomic E-state index is 1.04. The lowest BCUT2D eigenvalue weighted by Crippen LogP contribution is -2.18. The summed E-state index contributed by atoms with van der Waals surface area (Å²) >= 11 is 0. The fourth-order valence-electron chi connectivity index (χ4n) is 1.30. The molecular formula is C12H17N. The molecule has 0 aliphatic rings. The Morgan fingerprint density at radius 1 is 1.31 bits per heavy atom. The fourth-order valence-corrected chi connectivity index (χ4v) is 1.30. The van der Waals surface area contributed by atoms with Crippen molar-refractivity contribution in [1.29, 1.82) is 0 Å². The van der Waals surface area contributed by atoms with Gasteiger partial charge in [0.2, 0.25) is 0 Å². The second-order valence-corrected chi connectivity index (χ2v) is 3.05. The van der Waals surface area contributed by atoms with E-state index in [1.165, 1.54) is 5.56 Å². The number of hydrogen-bond donors (Lipinski definition) is 0. The molecule has 0 aromatic heterocycles. The van der Waals surface area contributed by atoms with E-state index in [-0.39, 0.29) is 0 Å². The molecule has 0 heterocycles. The molecule has 1 rings (SSSR count). The van der Waals surface area contributed by atoms with Crippen LogP contribution in [0.5, 0.6) is 0 Å². The van der Waals surface area contributed by atoms with Crippen molar-refractivity contribution in [1.82, 2.24) is 4.90 Å². The van der Waals surface area contributed by atoms with Crippen LogP contribution in [0, 0.1) is 0 Å². The van der Waals surface area contributed by atoms with Gasteiger partial charge in [-0.1, -0.05) is 36.9 Å². The average Bonchev–Trinajstić information content (AvgIpc) is 2.21. The lowest BCUT2D eigenvalue weighted by atomic mass is 10.1. The summed E-state index contributed by atoms with van der Waals surface area (Å²) in [7, 11) is 0. The van der Waals surface area contributed by atoms with Crippen molar-refractivity contribution >= 4 is 0 Å². The molecular weight excluding hydrogens is 158 g/mol. The van der Waals surface area contributed by atoms with E-state index < -0.39 is 0 Å². The summed E-state index contributed by atoms with van der Waals surface area (Å²) in [6.45, 7) is 8.01. The van der Waals surface area contributed by atoms with Gasteiger partial charge < -0.3 is 4.90 Å². The highest BCUT2D eigenvalue weighted by Gasteiger charge is 1.95. The molecule has 13 heavy (non-hydrogen) atoms. The Morgan fingerprint density at radius 3 is 2.54 bits per heavy atom. The van der Waals surface area contributed by atoms with Gasteiger partial charge in [0, 0.05) is 13.1 Å². The first-order valence-corrected chi connectivity index (χ1v) is 4.77. The van der Waals surface area contributed by atoms with Gasteiger partial charge in [-0.05, 0) is 25.1 Å². The summed E-state index contributed by atoms with van der Waals surface area (Å²) in [4.78, 5) is 2.22. The maximum absolute atomic E-state index is 3.77.